The second kappa shape index (κ2) is 12.2. The Morgan fingerprint density at radius 2 is 1.39 bits per heavy atom. The van der Waals surface area contributed by atoms with Gasteiger partial charge in [-0.25, -0.2) is 14.4 Å². The van der Waals surface area contributed by atoms with Crippen molar-refractivity contribution in [1.29, 1.82) is 0 Å². The number of nitrogens with one attached hydrogen (secondary N) is 1. The summed E-state index contributed by atoms with van der Waals surface area (Å²) in [4.78, 5) is 38.1. The predicted molar refractivity (Wildman–Crippen MR) is 130 cm³/mol. The molecule has 0 bridgehead atoms. The normalized spacial score (nSPS) is 17.7. The highest BCUT2D eigenvalue weighted by atomic mass is 28.4. The van der Waals surface area contributed by atoms with Gasteiger partial charge in [-0.3, -0.25) is 0 Å². The van der Waals surface area contributed by atoms with Crippen LogP contribution in [0.25, 0.3) is 0 Å². The number of hydrogen-bond acceptors (Lipinski definition) is 6. The van der Waals surface area contributed by atoms with Crippen molar-refractivity contribution in [2.45, 2.75) is 135 Å². The van der Waals surface area contributed by atoms with Gasteiger partial charge in [0.25, 0.3) is 0 Å². The van der Waals surface area contributed by atoms with E-state index < -0.39 is 44.1 Å². The van der Waals surface area contributed by atoms with Crippen molar-refractivity contribution >= 4 is 26.3 Å². The average molecular weight is 488 g/mol. The highest BCUT2D eigenvalue weighted by Crippen LogP contribution is 2.43. The molecular formula is C24H45NO7Si. The number of alkyl carbamates (subject to hydrolysis) is 1. The number of esters is 1. The second-order valence-corrected chi connectivity index (χ2v) is 16.4. The molecule has 0 aromatic carbocycles. The standard InChI is InChI=1S/C24H45NO7Si/c1-15(2)33(16(3)4,17(5)6)32-20(22(28)30-18-13-11-10-12-14-18)19(21(26)27)25-23(29)31-24(7,8)9/h15-20H,10-14H2,1-9H3,(H,25,29)(H,26,27)/t19-,20-/m0/s1. The monoisotopic (exact) mass is 487 g/mol. The van der Waals surface area contributed by atoms with Crippen molar-refractivity contribution < 1.29 is 33.4 Å². The Kier molecular flexibility index (Phi) is 10.9. The van der Waals surface area contributed by atoms with Crippen LogP contribution in [-0.4, -0.2) is 55.3 Å². The number of carbonyl (C=O) groups excluding carboxylic acids is 2. The molecule has 2 N–H and O–H groups in total. The third-order valence-electron chi connectivity index (χ3n) is 6.35. The van der Waals surface area contributed by atoms with Crippen molar-refractivity contribution in [2.24, 2.45) is 0 Å². The Hall–Kier alpha value is -1.61. The molecule has 0 unspecified atom stereocenters. The van der Waals surface area contributed by atoms with Gasteiger partial charge in [-0.05, 0) is 63.1 Å². The number of carboxylic acid groups (broad SMARTS) is 1. The molecule has 1 aliphatic carbocycles. The first-order chi connectivity index (χ1) is 15.1. The molecule has 33 heavy (non-hydrogen) atoms. The Morgan fingerprint density at radius 3 is 1.79 bits per heavy atom. The van der Waals surface area contributed by atoms with Gasteiger partial charge in [-0.2, -0.15) is 0 Å². The van der Waals surface area contributed by atoms with E-state index in [-0.39, 0.29) is 22.7 Å². The molecule has 8 nitrogen and oxygen atoms in total. The minimum atomic E-state index is -2.68. The number of amides is 1. The van der Waals surface area contributed by atoms with Crippen LogP contribution in [0.4, 0.5) is 4.79 Å². The van der Waals surface area contributed by atoms with Crippen LogP contribution >= 0.6 is 0 Å². The van der Waals surface area contributed by atoms with Gasteiger partial charge in [0.05, 0.1) is 0 Å². The van der Waals surface area contributed by atoms with Crippen LogP contribution in [0.5, 0.6) is 0 Å². The van der Waals surface area contributed by atoms with Crippen LogP contribution in [0, 0.1) is 0 Å². The summed E-state index contributed by atoms with van der Waals surface area (Å²) in [6.45, 7) is 17.3. The molecule has 0 spiro atoms. The predicted octanol–water partition coefficient (Wildman–Crippen LogP) is 5.40. The Bertz CT molecular complexity index is 644. The molecule has 192 valence electrons. The maximum absolute atomic E-state index is 13.4. The molecule has 1 aliphatic rings. The van der Waals surface area contributed by atoms with Crippen molar-refractivity contribution in [1.82, 2.24) is 5.32 Å². The van der Waals surface area contributed by atoms with Gasteiger partial charge in [0.2, 0.25) is 8.32 Å². The van der Waals surface area contributed by atoms with Gasteiger partial charge in [-0.15, -0.1) is 0 Å². The smallest absolute Gasteiger partial charge is 0.408 e. The zero-order valence-corrected chi connectivity index (χ0v) is 22.9. The van der Waals surface area contributed by atoms with E-state index >= 15 is 0 Å². The lowest BCUT2D eigenvalue weighted by atomic mass is 9.98. The number of hydrogen-bond donors (Lipinski definition) is 2. The average Bonchev–Trinajstić information content (AvgIpc) is 2.65. The largest absolute Gasteiger partial charge is 0.480 e. The lowest BCUT2D eigenvalue weighted by Gasteiger charge is -2.45. The van der Waals surface area contributed by atoms with E-state index in [1.807, 2.05) is 41.5 Å². The van der Waals surface area contributed by atoms with Crippen molar-refractivity contribution in [3.8, 4) is 0 Å². The van der Waals surface area contributed by atoms with Crippen LogP contribution in [0.3, 0.4) is 0 Å². The van der Waals surface area contributed by atoms with Gasteiger partial charge in [-0.1, -0.05) is 48.0 Å². The molecule has 9 heteroatoms. The van der Waals surface area contributed by atoms with Crippen molar-refractivity contribution in [2.75, 3.05) is 0 Å². The maximum atomic E-state index is 13.4. The third-order valence-corrected chi connectivity index (χ3v) is 12.4. The Labute approximate surface area is 200 Å². The Morgan fingerprint density at radius 1 is 0.909 bits per heavy atom. The summed E-state index contributed by atoms with van der Waals surface area (Å²) in [5, 5.41) is 12.4. The van der Waals surface area contributed by atoms with E-state index in [4.69, 9.17) is 13.9 Å². The van der Waals surface area contributed by atoms with Crippen LogP contribution in [0.1, 0.15) is 94.4 Å². The number of aliphatic carboxylic acids is 1. The molecule has 0 aliphatic heterocycles. The maximum Gasteiger partial charge on any atom is 0.408 e. The molecule has 1 fully saturated rings. The summed E-state index contributed by atoms with van der Waals surface area (Å²) in [7, 11) is -2.68. The summed E-state index contributed by atoms with van der Waals surface area (Å²) in [6.07, 6.45) is 1.87. The molecule has 1 rings (SSSR count). The highest BCUT2D eigenvalue weighted by molar-refractivity contribution is 6.77. The summed E-state index contributed by atoms with van der Waals surface area (Å²) in [5.74, 6) is -2.10. The van der Waals surface area contributed by atoms with E-state index in [2.05, 4.69) is 5.32 Å². The quantitative estimate of drug-likeness (QED) is 0.313. The van der Waals surface area contributed by atoms with E-state index in [0.29, 0.717) is 0 Å². The molecule has 2 atom stereocenters. The SMILES string of the molecule is CC(C)[Si](O[C@H](C(=O)OC1CCCCC1)[C@H](NC(=O)OC(C)(C)C)C(=O)O)(C(C)C)C(C)C. The summed E-state index contributed by atoms with van der Waals surface area (Å²) in [6, 6.07) is -1.63. The number of rotatable bonds is 10. The molecule has 0 saturated heterocycles. The van der Waals surface area contributed by atoms with E-state index in [0.717, 1.165) is 32.1 Å². The number of carbonyl (C=O) groups is 3. The van der Waals surface area contributed by atoms with Gasteiger partial charge >= 0.3 is 18.0 Å². The van der Waals surface area contributed by atoms with Gasteiger partial charge < -0.3 is 24.3 Å². The van der Waals surface area contributed by atoms with E-state index in [9.17, 15) is 19.5 Å². The lowest BCUT2D eigenvalue weighted by Crippen LogP contribution is -2.60. The summed E-state index contributed by atoms with van der Waals surface area (Å²) in [5.41, 5.74) is -0.492. The summed E-state index contributed by atoms with van der Waals surface area (Å²) < 4.78 is 17.6. The fourth-order valence-electron chi connectivity index (χ4n) is 5.00. The molecule has 0 heterocycles. The minimum Gasteiger partial charge on any atom is -0.480 e. The fraction of sp³-hybridized carbons (Fsp3) is 0.875. The molecule has 0 aromatic heterocycles. The minimum absolute atomic E-state index is 0.110. The zero-order chi connectivity index (χ0) is 25.6. The fourth-order valence-corrected chi connectivity index (χ4v) is 10.5. The van der Waals surface area contributed by atoms with Gasteiger partial charge in [0.15, 0.2) is 12.1 Å². The van der Waals surface area contributed by atoms with Crippen molar-refractivity contribution in [3.05, 3.63) is 0 Å². The topological polar surface area (TPSA) is 111 Å². The van der Waals surface area contributed by atoms with E-state index in [1.54, 1.807) is 20.8 Å². The van der Waals surface area contributed by atoms with Crippen LogP contribution in [-0.2, 0) is 23.5 Å². The second-order valence-electron chi connectivity index (χ2n) is 11.0. The third kappa shape index (κ3) is 8.28. The lowest BCUT2D eigenvalue weighted by molar-refractivity contribution is -0.165. The van der Waals surface area contributed by atoms with E-state index in [1.165, 1.54) is 0 Å². The van der Waals surface area contributed by atoms with Gasteiger partial charge in [0, 0.05) is 0 Å². The van der Waals surface area contributed by atoms with Crippen LogP contribution < -0.4 is 5.32 Å². The van der Waals surface area contributed by atoms with Crippen molar-refractivity contribution in [3.63, 3.8) is 0 Å². The molecule has 0 radical (unpaired) electrons. The zero-order valence-electron chi connectivity index (χ0n) is 21.9. The number of ether oxygens (including phenoxy) is 2. The highest BCUT2D eigenvalue weighted by Gasteiger charge is 2.51. The Balaban J connectivity index is 3.36. The first kappa shape index (κ1) is 29.4. The van der Waals surface area contributed by atoms with Crippen LogP contribution in [0.2, 0.25) is 16.6 Å². The summed E-state index contributed by atoms with van der Waals surface area (Å²) >= 11 is 0. The molecule has 0 aromatic rings. The first-order valence-corrected chi connectivity index (χ1v) is 14.4. The number of carboxylic acids is 1. The molecule has 1 saturated carbocycles. The molecular weight excluding hydrogens is 442 g/mol. The van der Waals surface area contributed by atoms with Crippen LogP contribution in [0.15, 0.2) is 0 Å². The van der Waals surface area contributed by atoms with Gasteiger partial charge in [0.1, 0.15) is 11.7 Å². The molecule has 1 amide bonds. The first-order valence-electron chi connectivity index (χ1n) is 12.2.